The first-order valence-electron chi connectivity index (χ1n) is 7.49. The van der Waals surface area contributed by atoms with E-state index in [4.69, 9.17) is 5.73 Å². The Hall–Kier alpha value is -3.19. The zero-order valence-corrected chi connectivity index (χ0v) is 14.1. The summed E-state index contributed by atoms with van der Waals surface area (Å²) in [5, 5.41) is 10.8. The number of fused-ring (bicyclic) bond motifs is 2. The number of nitrogens with two attached hydrogens (primary N) is 1. The first-order chi connectivity index (χ1) is 12.0. The molecule has 1 aromatic heterocycles. The second-order valence-corrected chi connectivity index (χ2v) is 5.73. The smallest absolute Gasteiger partial charge is 0.265 e. The van der Waals surface area contributed by atoms with Gasteiger partial charge in [0.1, 0.15) is 11.3 Å². The maximum Gasteiger partial charge on any atom is 0.265 e. The fraction of sp³-hybridized carbons (Fsp3) is 0.0556. The number of carbonyl (C=O) groups excluding carboxylic acids is 2. The summed E-state index contributed by atoms with van der Waals surface area (Å²) in [6.45, 7) is -0.0463. The molecule has 0 aliphatic carbocycles. The third kappa shape index (κ3) is 2.44. The predicted octanol–water partition coefficient (Wildman–Crippen LogP) is 2.88. The second kappa shape index (κ2) is 6.27. The molecule has 2 heterocycles. The molecule has 26 heavy (non-hydrogen) atoms. The lowest BCUT2D eigenvalue weighted by Crippen LogP contribution is -2.29. The molecule has 1 aliphatic heterocycles. The summed E-state index contributed by atoms with van der Waals surface area (Å²) in [5.74, 6) is -2.02. The van der Waals surface area contributed by atoms with Gasteiger partial charge in [0.2, 0.25) is 0 Å². The van der Waals surface area contributed by atoms with Gasteiger partial charge in [0, 0.05) is 11.6 Å². The molecule has 0 saturated heterocycles. The van der Waals surface area contributed by atoms with Gasteiger partial charge in [0.15, 0.2) is 5.75 Å². The van der Waals surface area contributed by atoms with Crippen LogP contribution in [0.15, 0.2) is 42.6 Å². The zero-order valence-electron chi connectivity index (χ0n) is 13.3. The summed E-state index contributed by atoms with van der Waals surface area (Å²) < 4.78 is 13.0. The summed E-state index contributed by atoms with van der Waals surface area (Å²) in [6.07, 6.45) is 1.46. The first kappa shape index (κ1) is 17.6. The normalized spacial score (nSPS) is 13.0. The number of halogens is 2. The van der Waals surface area contributed by atoms with Crippen molar-refractivity contribution in [2.24, 2.45) is 0 Å². The van der Waals surface area contributed by atoms with E-state index in [2.05, 4.69) is 4.98 Å². The van der Waals surface area contributed by atoms with Gasteiger partial charge in [-0.3, -0.25) is 19.5 Å². The molecule has 3 N–H and O–H groups in total. The van der Waals surface area contributed by atoms with E-state index >= 15 is 0 Å². The summed E-state index contributed by atoms with van der Waals surface area (Å²) in [5.41, 5.74) is 6.76. The van der Waals surface area contributed by atoms with E-state index < -0.39 is 17.6 Å². The number of hydrogen-bond acceptors (Lipinski definition) is 5. The van der Waals surface area contributed by atoms with Crippen LogP contribution in [0.1, 0.15) is 26.3 Å². The number of benzene rings is 2. The van der Waals surface area contributed by atoms with Crippen LogP contribution in [0.5, 0.6) is 5.75 Å². The van der Waals surface area contributed by atoms with E-state index in [1.54, 1.807) is 12.1 Å². The Kier molecular flexibility index (Phi) is 4.25. The van der Waals surface area contributed by atoms with Crippen molar-refractivity contribution in [2.45, 2.75) is 6.54 Å². The summed E-state index contributed by atoms with van der Waals surface area (Å²) in [6, 6.07) is 8.72. The molecule has 0 radical (unpaired) electrons. The minimum Gasteiger partial charge on any atom is -0.505 e. The molecule has 3 aromatic rings. The van der Waals surface area contributed by atoms with Gasteiger partial charge in [-0.15, -0.1) is 12.4 Å². The molecule has 132 valence electrons. The monoisotopic (exact) mass is 373 g/mol. The van der Waals surface area contributed by atoms with Crippen LogP contribution < -0.4 is 5.73 Å². The van der Waals surface area contributed by atoms with Crippen molar-refractivity contribution in [1.29, 1.82) is 0 Å². The Labute approximate surface area is 153 Å². The maximum atomic E-state index is 13.0. The minimum absolute atomic E-state index is 0. The van der Waals surface area contributed by atoms with Crippen molar-refractivity contribution in [3.05, 3.63) is 65.1 Å². The van der Waals surface area contributed by atoms with Crippen LogP contribution in [0.4, 0.5) is 10.1 Å². The van der Waals surface area contributed by atoms with E-state index in [1.807, 2.05) is 0 Å². The van der Waals surface area contributed by atoms with Gasteiger partial charge < -0.3 is 10.8 Å². The Bertz CT molecular complexity index is 993. The second-order valence-electron chi connectivity index (χ2n) is 5.73. The summed E-state index contributed by atoms with van der Waals surface area (Å²) in [7, 11) is 0. The molecule has 0 spiro atoms. The van der Waals surface area contributed by atoms with Crippen LogP contribution in [0.3, 0.4) is 0 Å². The highest BCUT2D eigenvalue weighted by atomic mass is 35.5. The number of amides is 2. The van der Waals surface area contributed by atoms with E-state index in [0.29, 0.717) is 10.9 Å². The number of imide groups is 1. The highest BCUT2D eigenvalue weighted by molar-refractivity contribution is 6.28. The van der Waals surface area contributed by atoms with Crippen LogP contribution in [0.2, 0.25) is 0 Å². The number of aromatic nitrogens is 1. The first-order valence-corrected chi connectivity index (χ1v) is 7.49. The number of phenolic OH excluding ortho intramolecular Hbond substituents is 1. The minimum atomic E-state index is -0.652. The fourth-order valence-electron chi connectivity index (χ4n) is 3.03. The number of anilines is 1. The van der Waals surface area contributed by atoms with Gasteiger partial charge in [-0.2, -0.15) is 0 Å². The average Bonchev–Trinajstić information content (AvgIpc) is 2.86. The van der Waals surface area contributed by atoms with Crippen molar-refractivity contribution < 1.29 is 19.1 Å². The number of nitrogens with zero attached hydrogens (tertiary/aromatic N) is 2. The molecule has 8 heteroatoms. The zero-order chi connectivity index (χ0) is 17.7. The van der Waals surface area contributed by atoms with Crippen LogP contribution >= 0.6 is 12.4 Å². The van der Waals surface area contributed by atoms with Crippen LogP contribution in [0, 0.1) is 5.82 Å². The van der Waals surface area contributed by atoms with E-state index in [9.17, 15) is 19.1 Å². The number of rotatable bonds is 2. The number of hydrogen-bond donors (Lipinski definition) is 2. The van der Waals surface area contributed by atoms with Gasteiger partial charge in [-0.25, -0.2) is 4.39 Å². The van der Waals surface area contributed by atoms with Crippen molar-refractivity contribution >= 4 is 40.8 Å². The molecule has 2 amide bonds. The van der Waals surface area contributed by atoms with Gasteiger partial charge in [0.25, 0.3) is 11.8 Å². The third-order valence-corrected chi connectivity index (χ3v) is 4.25. The topological polar surface area (TPSA) is 96.5 Å². The van der Waals surface area contributed by atoms with Gasteiger partial charge in [0.05, 0.1) is 23.4 Å². The van der Waals surface area contributed by atoms with Gasteiger partial charge in [-0.1, -0.05) is 12.1 Å². The van der Waals surface area contributed by atoms with Gasteiger partial charge in [-0.05, 0) is 29.8 Å². The van der Waals surface area contributed by atoms with E-state index in [1.165, 1.54) is 30.5 Å². The fourth-order valence-corrected chi connectivity index (χ4v) is 3.03. The lowest BCUT2D eigenvalue weighted by Gasteiger charge is -2.13. The molecule has 4 rings (SSSR count). The lowest BCUT2D eigenvalue weighted by molar-refractivity contribution is 0.0642. The highest BCUT2D eigenvalue weighted by Gasteiger charge is 2.41. The predicted molar refractivity (Wildman–Crippen MR) is 95.7 cm³/mol. The number of phenols is 1. The molecule has 0 unspecified atom stereocenters. The molecule has 0 saturated carbocycles. The van der Waals surface area contributed by atoms with Crippen LogP contribution in [-0.2, 0) is 6.54 Å². The molecular weight excluding hydrogens is 361 g/mol. The Balaban J connectivity index is 0.00000196. The van der Waals surface area contributed by atoms with E-state index in [0.717, 1.165) is 4.90 Å². The number of nitrogen functional groups attached to an aromatic ring is 1. The van der Waals surface area contributed by atoms with Gasteiger partial charge >= 0.3 is 0 Å². The Morgan fingerprint density at radius 2 is 1.73 bits per heavy atom. The van der Waals surface area contributed by atoms with E-state index in [-0.39, 0.29) is 47.0 Å². The Morgan fingerprint density at radius 1 is 1.08 bits per heavy atom. The van der Waals surface area contributed by atoms with Crippen LogP contribution in [-0.4, -0.2) is 26.8 Å². The molecule has 0 bridgehead atoms. The third-order valence-electron chi connectivity index (χ3n) is 4.25. The molecule has 0 atom stereocenters. The van der Waals surface area contributed by atoms with Crippen LogP contribution in [0.25, 0.3) is 10.9 Å². The SMILES string of the molecule is Cl.Nc1c2c(c(O)c3ncccc13)C(=O)N(Cc1ccc(F)cc1)C2=O. The Morgan fingerprint density at radius 3 is 2.42 bits per heavy atom. The standard InChI is InChI=1S/C18H12FN3O3.ClH/c19-10-5-3-9(4-6-10)8-22-17(24)12-13(18(22)25)16(23)15-11(14(12)20)2-1-7-21-15;/h1-7,23H,8,20H2;1H. The van der Waals surface area contributed by atoms with Crippen molar-refractivity contribution in [1.82, 2.24) is 9.88 Å². The largest absolute Gasteiger partial charge is 0.505 e. The molecular formula is C18H13ClFN3O3. The molecule has 6 nitrogen and oxygen atoms in total. The molecule has 1 aliphatic rings. The number of aromatic hydroxyl groups is 1. The van der Waals surface area contributed by atoms with Crippen molar-refractivity contribution in [3.8, 4) is 5.75 Å². The van der Waals surface area contributed by atoms with Crippen molar-refractivity contribution in [3.63, 3.8) is 0 Å². The highest BCUT2D eigenvalue weighted by Crippen LogP contribution is 2.41. The number of carbonyl (C=O) groups is 2. The maximum absolute atomic E-state index is 13.0. The summed E-state index contributed by atoms with van der Waals surface area (Å²) in [4.78, 5) is 30.4. The quantitative estimate of drug-likeness (QED) is 0.409. The molecule has 0 fully saturated rings. The lowest BCUT2D eigenvalue weighted by atomic mass is 10.0. The van der Waals surface area contributed by atoms with Crippen molar-refractivity contribution in [2.75, 3.05) is 5.73 Å². The molecule has 2 aromatic carbocycles. The number of pyridine rings is 1. The summed E-state index contributed by atoms with van der Waals surface area (Å²) >= 11 is 0. The average molecular weight is 374 g/mol.